The molecule has 10 atom stereocenters. The standard InChI is InChI=1S/C27H48O2/c1-17(2)7-6-8-18(3)21-9-10-22-20-16-25(29)24-15-19(28)11-13-27(24,5)23(20)12-14-26(21,22)4/h17-25,28-29H,6-16H2,1-5H3/t18-,19+,20+,21-,22+,23+,24?,25-,26-,27-/m1/s1. The van der Waals surface area contributed by atoms with Crippen LogP contribution in [0.3, 0.4) is 0 Å². The monoisotopic (exact) mass is 404 g/mol. The van der Waals surface area contributed by atoms with Crippen LogP contribution in [0.2, 0.25) is 0 Å². The summed E-state index contributed by atoms with van der Waals surface area (Å²) in [4.78, 5) is 0. The molecule has 168 valence electrons. The molecule has 0 aromatic heterocycles. The van der Waals surface area contributed by atoms with Crippen molar-refractivity contribution in [2.24, 2.45) is 52.3 Å². The number of aliphatic hydroxyl groups excluding tert-OH is 2. The van der Waals surface area contributed by atoms with Crippen LogP contribution in [0.5, 0.6) is 0 Å². The number of aliphatic hydroxyl groups is 2. The van der Waals surface area contributed by atoms with Crippen molar-refractivity contribution in [3.05, 3.63) is 0 Å². The molecule has 4 saturated carbocycles. The van der Waals surface area contributed by atoms with Gasteiger partial charge in [-0.1, -0.05) is 53.9 Å². The Labute approximate surface area is 180 Å². The molecule has 2 heteroatoms. The van der Waals surface area contributed by atoms with Gasteiger partial charge in [-0.3, -0.25) is 0 Å². The fraction of sp³-hybridized carbons (Fsp3) is 1.00. The Morgan fingerprint density at radius 1 is 0.793 bits per heavy atom. The second kappa shape index (κ2) is 8.12. The molecule has 2 nitrogen and oxygen atoms in total. The van der Waals surface area contributed by atoms with Gasteiger partial charge < -0.3 is 10.2 Å². The number of hydrogen-bond donors (Lipinski definition) is 2. The van der Waals surface area contributed by atoms with E-state index in [0.717, 1.165) is 55.3 Å². The second-order valence-electron chi connectivity index (χ2n) is 12.8. The quantitative estimate of drug-likeness (QED) is 0.553. The van der Waals surface area contributed by atoms with Crippen LogP contribution < -0.4 is 0 Å². The highest BCUT2D eigenvalue weighted by Crippen LogP contribution is 2.68. The molecule has 4 rings (SSSR count). The van der Waals surface area contributed by atoms with Crippen molar-refractivity contribution in [1.29, 1.82) is 0 Å². The summed E-state index contributed by atoms with van der Waals surface area (Å²) in [7, 11) is 0. The lowest BCUT2D eigenvalue weighted by molar-refractivity contribution is -0.172. The molecule has 4 aliphatic rings. The molecule has 4 aliphatic carbocycles. The van der Waals surface area contributed by atoms with E-state index in [1.54, 1.807) is 0 Å². The first kappa shape index (κ1) is 22.1. The van der Waals surface area contributed by atoms with Crippen molar-refractivity contribution in [3.8, 4) is 0 Å². The van der Waals surface area contributed by atoms with Gasteiger partial charge in [-0.05, 0) is 104 Å². The van der Waals surface area contributed by atoms with Crippen LogP contribution in [0.15, 0.2) is 0 Å². The van der Waals surface area contributed by atoms with Crippen molar-refractivity contribution < 1.29 is 10.2 Å². The maximum atomic E-state index is 11.2. The lowest BCUT2D eigenvalue weighted by atomic mass is 9.44. The zero-order valence-corrected chi connectivity index (χ0v) is 19.9. The predicted octanol–water partition coefficient (Wildman–Crippen LogP) is 6.44. The van der Waals surface area contributed by atoms with Gasteiger partial charge >= 0.3 is 0 Å². The van der Waals surface area contributed by atoms with E-state index in [0.29, 0.717) is 17.3 Å². The summed E-state index contributed by atoms with van der Waals surface area (Å²) in [6.45, 7) is 12.4. The summed E-state index contributed by atoms with van der Waals surface area (Å²) in [6.07, 6.45) is 13.3. The van der Waals surface area contributed by atoms with E-state index >= 15 is 0 Å². The second-order valence-corrected chi connectivity index (χ2v) is 12.8. The summed E-state index contributed by atoms with van der Waals surface area (Å²) < 4.78 is 0. The molecule has 0 bridgehead atoms. The van der Waals surface area contributed by atoms with Crippen molar-refractivity contribution in [1.82, 2.24) is 0 Å². The molecule has 0 heterocycles. The van der Waals surface area contributed by atoms with Gasteiger partial charge in [0, 0.05) is 0 Å². The van der Waals surface area contributed by atoms with Gasteiger partial charge in [0.25, 0.3) is 0 Å². The predicted molar refractivity (Wildman–Crippen MR) is 120 cm³/mol. The van der Waals surface area contributed by atoms with E-state index < -0.39 is 0 Å². The highest BCUT2D eigenvalue weighted by atomic mass is 16.3. The Morgan fingerprint density at radius 2 is 1.48 bits per heavy atom. The molecule has 0 radical (unpaired) electrons. The zero-order chi connectivity index (χ0) is 21.0. The summed E-state index contributed by atoms with van der Waals surface area (Å²) in [5.74, 6) is 5.20. The largest absolute Gasteiger partial charge is 0.393 e. The third-order valence-corrected chi connectivity index (χ3v) is 10.9. The molecule has 1 unspecified atom stereocenters. The fourth-order valence-corrected chi connectivity index (χ4v) is 9.30. The van der Waals surface area contributed by atoms with E-state index in [1.807, 2.05) is 0 Å². The van der Waals surface area contributed by atoms with Crippen molar-refractivity contribution >= 4 is 0 Å². The topological polar surface area (TPSA) is 40.5 Å². The zero-order valence-electron chi connectivity index (χ0n) is 19.9. The molecule has 0 spiro atoms. The Hall–Kier alpha value is -0.0800. The average Bonchev–Trinajstić information content (AvgIpc) is 3.00. The summed E-state index contributed by atoms with van der Waals surface area (Å²) in [6, 6.07) is 0. The van der Waals surface area contributed by atoms with Gasteiger partial charge in [-0.15, -0.1) is 0 Å². The molecule has 2 N–H and O–H groups in total. The average molecular weight is 405 g/mol. The molecular formula is C27H48O2. The number of rotatable bonds is 5. The molecule has 0 aliphatic heterocycles. The number of fused-ring (bicyclic) bond motifs is 5. The Bertz CT molecular complexity index is 573. The summed E-state index contributed by atoms with van der Waals surface area (Å²) in [5, 5.41) is 21.4. The van der Waals surface area contributed by atoms with E-state index in [9.17, 15) is 10.2 Å². The first-order chi connectivity index (χ1) is 13.7. The van der Waals surface area contributed by atoms with Crippen LogP contribution >= 0.6 is 0 Å². The van der Waals surface area contributed by atoms with E-state index in [1.165, 1.54) is 44.9 Å². The van der Waals surface area contributed by atoms with Crippen LogP contribution in [0.4, 0.5) is 0 Å². The smallest absolute Gasteiger partial charge is 0.0577 e. The lowest BCUT2D eigenvalue weighted by Gasteiger charge is -2.62. The molecule has 0 saturated heterocycles. The van der Waals surface area contributed by atoms with Gasteiger partial charge in [-0.2, -0.15) is 0 Å². The SMILES string of the molecule is CC(C)CCC[C@@H](C)[C@H]1CC[C@H]2[C@@H]3C[C@@H](O)C4C[C@@H](O)CC[C@]4(C)[C@H]3CC[C@]12C. The minimum atomic E-state index is -0.193. The molecule has 29 heavy (non-hydrogen) atoms. The third-order valence-electron chi connectivity index (χ3n) is 10.9. The maximum Gasteiger partial charge on any atom is 0.0577 e. The first-order valence-corrected chi connectivity index (χ1v) is 13.0. The first-order valence-electron chi connectivity index (χ1n) is 13.0. The fourth-order valence-electron chi connectivity index (χ4n) is 9.30. The van der Waals surface area contributed by atoms with Crippen molar-refractivity contribution in [3.63, 3.8) is 0 Å². The normalized spacial score (nSPS) is 50.7. The molecule has 0 aromatic rings. The van der Waals surface area contributed by atoms with Crippen molar-refractivity contribution in [2.45, 2.75) is 117 Å². The van der Waals surface area contributed by atoms with Crippen molar-refractivity contribution in [2.75, 3.05) is 0 Å². The van der Waals surface area contributed by atoms with Crippen LogP contribution in [-0.4, -0.2) is 22.4 Å². The lowest BCUT2D eigenvalue weighted by Crippen LogP contribution is -2.58. The summed E-state index contributed by atoms with van der Waals surface area (Å²) >= 11 is 0. The van der Waals surface area contributed by atoms with Gasteiger partial charge in [0.1, 0.15) is 0 Å². The highest BCUT2D eigenvalue weighted by molar-refractivity contribution is 5.11. The molecule has 0 aromatic carbocycles. The maximum absolute atomic E-state index is 11.2. The Kier molecular flexibility index (Phi) is 6.19. The van der Waals surface area contributed by atoms with E-state index in [4.69, 9.17) is 0 Å². The molecular weight excluding hydrogens is 356 g/mol. The Morgan fingerprint density at radius 3 is 2.21 bits per heavy atom. The van der Waals surface area contributed by atoms with Crippen LogP contribution in [0, 0.1) is 52.3 Å². The van der Waals surface area contributed by atoms with E-state index in [2.05, 4.69) is 34.6 Å². The molecule has 0 amide bonds. The van der Waals surface area contributed by atoms with Gasteiger partial charge in [-0.25, -0.2) is 0 Å². The minimum absolute atomic E-state index is 0.185. The highest BCUT2D eigenvalue weighted by Gasteiger charge is 2.62. The third kappa shape index (κ3) is 3.73. The van der Waals surface area contributed by atoms with Gasteiger partial charge in [0.2, 0.25) is 0 Å². The van der Waals surface area contributed by atoms with Crippen LogP contribution in [0.25, 0.3) is 0 Å². The number of hydrogen-bond acceptors (Lipinski definition) is 2. The van der Waals surface area contributed by atoms with Gasteiger partial charge in [0.05, 0.1) is 12.2 Å². The van der Waals surface area contributed by atoms with E-state index in [-0.39, 0.29) is 17.6 Å². The summed E-state index contributed by atoms with van der Waals surface area (Å²) in [5.41, 5.74) is 0.749. The van der Waals surface area contributed by atoms with Crippen LogP contribution in [-0.2, 0) is 0 Å². The Balaban J connectivity index is 1.50. The molecule has 4 fully saturated rings. The van der Waals surface area contributed by atoms with Gasteiger partial charge in [0.15, 0.2) is 0 Å². The minimum Gasteiger partial charge on any atom is -0.393 e. The van der Waals surface area contributed by atoms with Crippen LogP contribution in [0.1, 0.15) is 105 Å².